The molecule has 0 N–H and O–H groups in total. The summed E-state index contributed by atoms with van der Waals surface area (Å²) in [5.74, 6) is -0.469. The zero-order valence-corrected chi connectivity index (χ0v) is 13.6. The molecular weight excluding hydrogens is 320 g/mol. The first-order chi connectivity index (χ1) is 11.5. The molecule has 3 aromatic rings. The lowest BCUT2D eigenvalue weighted by Crippen LogP contribution is -2.24. The highest BCUT2D eigenvalue weighted by Gasteiger charge is 2.32. The van der Waals surface area contributed by atoms with Crippen LogP contribution in [0.15, 0.2) is 77.2 Å². The number of hydrogen-bond donors (Lipinski definition) is 0. The van der Waals surface area contributed by atoms with Crippen molar-refractivity contribution in [1.82, 2.24) is 0 Å². The molecule has 0 aliphatic carbocycles. The standard InChI is InChI=1S/C20H14O3S/c21-20-17(13-24(22,23)19-8-4-3-7-18(19)20)12-14-9-10-15-5-1-2-6-16(15)11-14/h1-12H,13H2/b17-12+. The molecule has 0 saturated carbocycles. The minimum Gasteiger partial charge on any atom is -0.289 e. The first-order valence-electron chi connectivity index (χ1n) is 7.60. The van der Waals surface area contributed by atoms with Gasteiger partial charge in [0, 0.05) is 11.1 Å². The van der Waals surface area contributed by atoms with Gasteiger partial charge < -0.3 is 0 Å². The number of carbonyl (C=O) groups is 1. The number of hydrogen-bond acceptors (Lipinski definition) is 3. The molecule has 0 amide bonds. The molecule has 24 heavy (non-hydrogen) atoms. The zero-order valence-electron chi connectivity index (χ0n) is 12.8. The lowest BCUT2D eigenvalue weighted by molar-refractivity contribution is 0.103. The molecule has 0 atom stereocenters. The molecule has 0 unspecified atom stereocenters. The molecular formula is C20H14O3S. The average Bonchev–Trinajstić information content (AvgIpc) is 2.59. The third-order valence-electron chi connectivity index (χ3n) is 4.22. The predicted molar refractivity (Wildman–Crippen MR) is 94.8 cm³/mol. The van der Waals surface area contributed by atoms with Gasteiger partial charge in [0.05, 0.1) is 10.6 Å². The molecule has 1 heterocycles. The molecule has 1 aliphatic heterocycles. The zero-order chi connectivity index (χ0) is 16.7. The lowest BCUT2D eigenvalue weighted by Gasteiger charge is -2.17. The predicted octanol–water partition coefficient (Wildman–Crippen LogP) is 3.89. The number of ketones is 1. The summed E-state index contributed by atoms with van der Waals surface area (Å²) < 4.78 is 24.9. The first-order valence-corrected chi connectivity index (χ1v) is 9.26. The molecule has 3 aromatic carbocycles. The second-order valence-electron chi connectivity index (χ2n) is 5.86. The normalized spacial score (nSPS) is 17.8. The van der Waals surface area contributed by atoms with E-state index in [9.17, 15) is 13.2 Å². The van der Waals surface area contributed by atoms with E-state index in [0.29, 0.717) is 5.57 Å². The number of benzene rings is 3. The summed E-state index contributed by atoms with van der Waals surface area (Å²) in [5, 5.41) is 2.16. The van der Waals surface area contributed by atoms with E-state index in [1.54, 1.807) is 24.3 Å². The van der Waals surface area contributed by atoms with Crippen LogP contribution in [0.1, 0.15) is 15.9 Å². The van der Waals surface area contributed by atoms with Crippen molar-refractivity contribution in [3.63, 3.8) is 0 Å². The Balaban J connectivity index is 1.84. The van der Waals surface area contributed by atoms with Gasteiger partial charge >= 0.3 is 0 Å². The third kappa shape index (κ3) is 2.45. The second kappa shape index (κ2) is 5.42. The molecule has 0 aromatic heterocycles. The molecule has 0 radical (unpaired) electrons. The van der Waals surface area contributed by atoms with E-state index in [4.69, 9.17) is 0 Å². The van der Waals surface area contributed by atoms with Crippen LogP contribution in [0.25, 0.3) is 16.8 Å². The van der Waals surface area contributed by atoms with Crippen molar-refractivity contribution in [3.05, 3.63) is 83.4 Å². The van der Waals surface area contributed by atoms with Gasteiger partial charge in [0.25, 0.3) is 0 Å². The van der Waals surface area contributed by atoms with Gasteiger partial charge in [0.1, 0.15) is 0 Å². The summed E-state index contributed by atoms with van der Waals surface area (Å²) in [4.78, 5) is 12.8. The Bertz CT molecular complexity index is 1110. The summed E-state index contributed by atoms with van der Waals surface area (Å²) in [6.45, 7) is 0. The average molecular weight is 334 g/mol. The molecule has 0 spiro atoms. The number of Topliss-reactive ketones (excluding diaryl/α,β-unsaturated/α-hetero) is 1. The second-order valence-corrected chi connectivity index (χ2v) is 7.82. The molecule has 0 saturated heterocycles. The molecule has 4 rings (SSSR count). The quantitative estimate of drug-likeness (QED) is 0.634. The number of carbonyl (C=O) groups excluding carboxylic acids is 1. The fourth-order valence-corrected chi connectivity index (χ4v) is 4.61. The van der Waals surface area contributed by atoms with Crippen molar-refractivity contribution in [1.29, 1.82) is 0 Å². The smallest absolute Gasteiger partial charge is 0.191 e. The van der Waals surface area contributed by atoms with E-state index in [0.717, 1.165) is 16.3 Å². The highest BCUT2D eigenvalue weighted by molar-refractivity contribution is 7.91. The van der Waals surface area contributed by atoms with E-state index >= 15 is 0 Å². The first kappa shape index (κ1) is 14.8. The van der Waals surface area contributed by atoms with Gasteiger partial charge in [0.2, 0.25) is 0 Å². The molecule has 3 nitrogen and oxygen atoms in total. The van der Waals surface area contributed by atoms with Crippen molar-refractivity contribution in [2.75, 3.05) is 5.75 Å². The van der Waals surface area contributed by atoms with Crippen molar-refractivity contribution in [2.24, 2.45) is 0 Å². The summed E-state index contributed by atoms with van der Waals surface area (Å²) >= 11 is 0. The van der Waals surface area contributed by atoms with Crippen LogP contribution in [0.2, 0.25) is 0 Å². The van der Waals surface area contributed by atoms with Crippen molar-refractivity contribution in [2.45, 2.75) is 4.90 Å². The molecule has 118 valence electrons. The number of rotatable bonds is 1. The van der Waals surface area contributed by atoms with E-state index in [2.05, 4.69) is 0 Å². The molecule has 1 aliphatic rings. The Morgan fingerprint density at radius 3 is 2.38 bits per heavy atom. The number of fused-ring (bicyclic) bond motifs is 2. The Morgan fingerprint density at radius 2 is 1.54 bits per heavy atom. The van der Waals surface area contributed by atoms with Crippen molar-refractivity contribution < 1.29 is 13.2 Å². The van der Waals surface area contributed by atoms with E-state index < -0.39 is 9.84 Å². The Hall–Kier alpha value is -2.72. The van der Waals surface area contributed by atoms with Gasteiger partial charge in [-0.05, 0) is 40.6 Å². The van der Waals surface area contributed by atoms with Crippen LogP contribution < -0.4 is 0 Å². The summed E-state index contributed by atoms with van der Waals surface area (Å²) in [6.07, 6.45) is 1.68. The maximum absolute atomic E-state index is 12.6. The van der Waals surface area contributed by atoms with Crippen LogP contribution in [-0.4, -0.2) is 20.0 Å². The van der Waals surface area contributed by atoms with Crippen LogP contribution in [0.4, 0.5) is 0 Å². The Kier molecular flexibility index (Phi) is 3.36. The van der Waals surface area contributed by atoms with Crippen LogP contribution in [0.3, 0.4) is 0 Å². The minimum absolute atomic E-state index is 0.130. The summed E-state index contributed by atoms with van der Waals surface area (Å²) in [7, 11) is -3.48. The van der Waals surface area contributed by atoms with Crippen molar-refractivity contribution >= 4 is 32.5 Å². The third-order valence-corrected chi connectivity index (χ3v) is 5.94. The SMILES string of the molecule is O=C1/C(=C/c2ccc3ccccc3c2)CS(=O)(=O)c2ccccc21. The van der Waals surface area contributed by atoms with Crippen LogP contribution in [0, 0.1) is 0 Å². The van der Waals surface area contributed by atoms with Crippen LogP contribution >= 0.6 is 0 Å². The van der Waals surface area contributed by atoms with Gasteiger partial charge in [-0.1, -0.05) is 48.5 Å². The van der Waals surface area contributed by atoms with Gasteiger partial charge in [-0.15, -0.1) is 0 Å². The molecule has 0 bridgehead atoms. The topological polar surface area (TPSA) is 51.2 Å². The van der Waals surface area contributed by atoms with Crippen LogP contribution in [-0.2, 0) is 9.84 Å². The highest BCUT2D eigenvalue weighted by Crippen LogP contribution is 2.29. The fraction of sp³-hybridized carbons (Fsp3) is 0.0500. The van der Waals surface area contributed by atoms with Crippen LogP contribution in [0.5, 0.6) is 0 Å². The minimum atomic E-state index is -3.48. The Labute approximate surface area is 140 Å². The lowest BCUT2D eigenvalue weighted by atomic mass is 10.00. The van der Waals surface area contributed by atoms with E-state index in [1.165, 1.54) is 6.07 Å². The summed E-state index contributed by atoms with van der Waals surface area (Å²) in [6, 6.07) is 20.1. The van der Waals surface area contributed by atoms with Gasteiger partial charge in [-0.3, -0.25) is 4.79 Å². The van der Waals surface area contributed by atoms with Gasteiger partial charge in [-0.2, -0.15) is 0 Å². The maximum atomic E-state index is 12.6. The maximum Gasteiger partial charge on any atom is 0.191 e. The van der Waals surface area contributed by atoms with Gasteiger partial charge in [0.15, 0.2) is 15.6 Å². The molecule has 4 heteroatoms. The number of sulfone groups is 1. The highest BCUT2D eigenvalue weighted by atomic mass is 32.2. The molecule has 0 fully saturated rings. The monoisotopic (exact) mass is 334 g/mol. The Morgan fingerprint density at radius 1 is 0.833 bits per heavy atom. The summed E-state index contributed by atoms with van der Waals surface area (Å²) in [5.41, 5.74) is 1.39. The van der Waals surface area contributed by atoms with Gasteiger partial charge in [-0.25, -0.2) is 8.42 Å². The fourth-order valence-electron chi connectivity index (χ4n) is 3.05. The van der Waals surface area contributed by atoms with Crippen molar-refractivity contribution in [3.8, 4) is 0 Å². The van der Waals surface area contributed by atoms with E-state index in [1.807, 2.05) is 42.5 Å². The largest absolute Gasteiger partial charge is 0.289 e. The van der Waals surface area contributed by atoms with E-state index in [-0.39, 0.29) is 22.0 Å².